The summed E-state index contributed by atoms with van der Waals surface area (Å²) in [5, 5.41) is 14.1. The maximum atomic E-state index is 12.1. The largest absolute Gasteiger partial charge is 0.452 e. The fraction of sp³-hybridized carbons (Fsp3) is 0.0556. The van der Waals surface area contributed by atoms with Crippen LogP contribution in [0, 0.1) is 10.1 Å². The molecule has 0 atom stereocenters. The van der Waals surface area contributed by atoms with Crippen molar-refractivity contribution in [3.8, 4) is 0 Å². The number of carbonyl (C=O) groups excluding carboxylic acids is 2. The number of nitrogens with zero attached hydrogens (tertiary/aromatic N) is 2. The number of ether oxygens (including phenoxy) is 1. The molecule has 1 amide bonds. The summed E-state index contributed by atoms with van der Waals surface area (Å²) in [7, 11) is 0. The number of non-ortho nitro benzene ring substituents is 1. The highest BCUT2D eigenvalue weighted by molar-refractivity contribution is 6.34. The number of hydrogen-bond acceptors (Lipinski definition) is 6. The second-order valence-electron chi connectivity index (χ2n) is 5.59. The van der Waals surface area contributed by atoms with Crippen molar-refractivity contribution in [2.24, 2.45) is 0 Å². The Bertz CT molecular complexity index is 1100. The standard InChI is InChI=1S/C18H11Cl2N3O5/c19-13-8-12(23(26)27)3-5-15(13)22-17(24)9-28-18(25)11-1-4-14-10(7-11)2-6-16(20)21-14/h1-8H,9H2,(H,22,24). The number of nitrogens with one attached hydrogen (secondary N) is 1. The molecule has 3 aromatic rings. The zero-order valence-corrected chi connectivity index (χ0v) is 15.5. The van der Waals surface area contributed by atoms with E-state index in [4.69, 9.17) is 27.9 Å². The quantitative estimate of drug-likeness (QED) is 0.286. The van der Waals surface area contributed by atoms with E-state index >= 15 is 0 Å². The zero-order valence-electron chi connectivity index (χ0n) is 14.0. The highest BCUT2D eigenvalue weighted by atomic mass is 35.5. The Morgan fingerprint density at radius 2 is 1.89 bits per heavy atom. The minimum atomic E-state index is -0.693. The Hall–Kier alpha value is -3.23. The Morgan fingerprint density at radius 1 is 1.11 bits per heavy atom. The zero-order chi connectivity index (χ0) is 20.3. The molecule has 0 fully saturated rings. The number of halogens is 2. The summed E-state index contributed by atoms with van der Waals surface area (Å²) < 4.78 is 4.99. The van der Waals surface area contributed by atoms with E-state index in [1.54, 1.807) is 24.3 Å². The predicted molar refractivity (Wildman–Crippen MR) is 104 cm³/mol. The number of benzene rings is 2. The molecule has 1 N–H and O–H groups in total. The van der Waals surface area contributed by atoms with Crippen LogP contribution in [0.5, 0.6) is 0 Å². The molecule has 0 unspecified atom stereocenters. The van der Waals surface area contributed by atoms with Gasteiger partial charge in [0.05, 0.1) is 26.7 Å². The Balaban J connectivity index is 1.62. The van der Waals surface area contributed by atoms with Crippen molar-refractivity contribution >= 4 is 57.4 Å². The first-order chi connectivity index (χ1) is 13.3. The number of nitro benzene ring substituents is 1. The van der Waals surface area contributed by atoms with Crippen molar-refractivity contribution in [2.75, 3.05) is 11.9 Å². The van der Waals surface area contributed by atoms with E-state index < -0.39 is 23.4 Å². The van der Waals surface area contributed by atoms with Gasteiger partial charge in [0.15, 0.2) is 6.61 Å². The lowest BCUT2D eigenvalue weighted by Crippen LogP contribution is -2.21. The molecule has 0 spiro atoms. The smallest absolute Gasteiger partial charge is 0.338 e. The number of pyridine rings is 1. The fourth-order valence-electron chi connectivity index (χ4n) is 2.35. The predicted octanol–water partition coefficient (Wildman–Crippen LogP) is 4.25. The average molecular weight is 420 g/mol. The number of amides is 1. The third-order valence-electron chi connectivity index (χ3n) is 3.66. The topological polar surface area (TPSA) is 111 Å². The first-order valence-corrected chi connectivity index (χ1v) is 8.56. The summed E-state index contributed by atoms with van der Waals surface area (Å²) in [5.74, 6) is -1.33. The molecule has 0 aliphatic rings. The van der Waals surface area contributed by atoms with Gasteiger partial charge in [-0.2, -0.15) is 0 Å². The average Bonchev–Trinajstić information content (AvgIpc) is 2.67. The van der Waals surface area contributed by atoms with Gasteiger partial charge in [0.2, 0.25) is 0 Å². The van der Waals surface area contributed by atoms with Crippen LogP contribution in [-0.2, 0) is 9.53 Å². The Morgan fingerprint density at radius 3 is 2.61 bits per heavy atom. The third-order valence-corrected chi connectivity index (χ3v) is 4.19. The third kappa shape index (κ3) is 4.54. The number of carbonyl (C=O) groups is 2. The molecule has 0 radical (unpaired) electrons. The second-order valence-corrected chi connectivity index (χ2v) is 6.38. The molecule has 0 saturated heterocycles. The van der Waals surface area contributed by atoms with Crippen LogP contribution in [0.2, 0.25) is 10.2 Å². The molecule has 0 aliphatic carbocycles. The molecule has 0 saturated carbocycles. The molecule has 2 aromatic carbocycles. The van der Waals surface area contributed by atoms with Gasteiger partial charge in [-0.05, 0) is 36.4 Å². The molecule has 8 nitrogen and oxygen atoms in total. The van der Waals surface area contributed by atoms with Crippen LogP contribution in [0.1, 0.15) is 10.4 Å². The first-order valence-electron chi connectivity index (χ1n) is 7.81. The molecule has 142 valence electrons. The number of esters is 1. The van der Waals surface area contributed by atoms with Crippen molar-refractivity contribution in [3.05, 3.63) is 74.4 Å². The van der Waals surface area contributed by atoms with Gasteiger partial charge in [-0.25, -0.2) is 9.78 Å². The first kappa shape index (κ1) is 19.5. The maximum absolute atomic E-state index is 12.1. The van der Waals surface area contributed by atoms with E-state index in [2.05, 4.69) is 10.3 Å². The second kappa shape index (κ2) is 8.20. The molecular formula is C18H11Cl2N3O5. The summed E-state index contributed by atoms with van der Waals surface area (Å²) in [4.78, 5) is 38.3. The van der Waals surface area contributed by atoms with Gasteiger partial charge in [0.1, 0.15) is 5.15 Å². The van der Waals surface area contributed by atoms with E-state index in [1.165, 1.54) is 18.2 Å². The number of aromatic nitrogens is 1. The van der Waals surface area contributed by atoms with Gasteiger partial charge in [-0.1, -0.05) is 23.2 Å². The Labute approximate surface area is 168 Å². The summed E-state index contributed by atoms with van der Waals surface area (Å²) in [6.45, 7) is -0.553. The van der Waals surface area contributed by atoms with E-state index in [0.717, 1.165) is 6.07 Å². The van der Waals surface area contributed by atoms with E-state index in [0.29, 0.717) is 16.1 Å². The normalized spacial score (nSPS) is 10.5. The highest BCUT2D eigenvalue weighted by Gasteiger charge is 2.14. The van der Waals surface area contributed by atoms with Crippen molar-refractivity contribution in [2.45, 2.75) is 0 Å². The van der Waals surface area contributed by atoms with Gasteiger partial charge in [-0.15, -0.1) is 0 Å². The molecule has 1 aromatic heterocycles. The van der Waals surface area contributed by atoms with E-state index in [-0.39, 0.29) is 22.0 Å². The van der Waals surface area contributed by atoms with Gasteiger partial charge < -0.3 is 10.1 Å². The van der Waals surface area contributed by atoms with Gasteiger partial charge in [-0.3, -0.25) is 14.9 Å². The number of rotatable bonds is 5. The van der Waals surface area contributed by atoms with Crippen molar-refractivity contribution in [3.63, 3.8) is 0 Å². The molecule has 3 rings (SSSR count). The minimum Gasteiger partial charge on any atom is -0.452 e. The van der Waals surface area contributed by atoms with Crippen LogP contribution in [0.25, 0.3) is 10.9 Å². The van der Waals surface area contributed by atoms with Crippen LogP contribution >= 0.6 is 23.2 Å². The molecule has 0 aliphatic heterocycles. The van der Waals surface area contributed by atoms with E-state index in [9.17, 15) is 19.7 Å². The molecular weight excluding hydrogens is 409 g/mol. The summed E-state index contributed by atoms with van der Waals surface area (Å²) >= 11 is 11.7. The lowest BCUT2D eigenvalue weighted by Gasteiger charge is -2.08. The van der Waals surface area contributed by atoms with Crippen molar-refractivity contribution in [1.82, 2.24) is 4.98 Å². The van der Waals surface area contributed by atoms with Gasteiger partial charge >= 0.3 is 5.97 Å². The number of nitro groups is 1. The van der Waals surface area contributed by atoms with Crippen molar-refractivity contribution in [1.29, 1.82) is 0 Å². The summed E-state index contributed by atoms with van der Waals surface area (Å²) in [6, 6.07) is 11.6. The highest BCUT2D eigenvalue weighted by Crippen LogP contribution is 2.26. The molecule has 28 heavy (non-hydrogen) atoms. The van der Waals surface area contributed by atoms with Gasteiger partial charge in [0.25, 0.3) is 11.6 Å². The van der Waals surface area contributed by atoms with Crippen LogP contribution in [0.3, 0.4) is 0 Å². The fourth-order valence-corrected chi connectivity index (χ4v) is 2.72. The SMILES string of the molecule is O=C(COC(=O)c1ccc2nc(Cl)ccc2c1)Nc1ccc([N+](=O)[O-])cc1Cl. The number of hydrogen-bond donors (Lipinski definition) is 1. The minimum absolute atomic E-state index is 0.00503. The van der Waals surface area contributed by atoms with Crippen LogP contribution in [-0.4, -0.2) is 28.4 Å². The van der Waals surface area contributed by atoms with Crippen molar-refractivity contribution < 1.29 is 19.2 Å². The van der Waals surface area contributed by atoms with Crippen LogP contribution in [0.4, 0.5) is 11.4 Å². The number of anilines is 1. The lowest BCUT2D eigenvalue weighted by molar-refractivity contribution is -0.384. The summed E-state index contributed by atoms with van der Waals surface area (Å²) in [5.41, 5.74) is 0.830. The molecule has 10 heteroatoms. The molecule has 1 heterocycles. The van der Waals surface area contributed by atoms with Gasteiger partial charge in [0, 0.05) is 17.5 Å². The van der Waals surface area contributed by atoms with Crippen LogP contribution < -0.4 is 5.32 Å². The summed E-state index contributed by atoms with van der Waals surface area (Å²) in [6.07, 6.45) is 0. The van der Waals surface area contributed by atoms with E-state index in [1.807, 2.05) is 0 Å². The monoisotopic (exact) mass is 419 g/mol. The number of fused-ring (bicyclic) bond motifs is 1. The lowest BCUT2D eigenvalue weighted by atomic mass is 10.1. The maximum Gasteiger partial charge on any atom is 0.338 e. The Kier molecular flexibility index (Phi) is 5.72. The van der Waals surface area contributed by atoms with Crippen LogP contribution in [0.15, 0.2) is 48.5 Å². The molecule has 0 bridgehead atoms.